The van der Waals surface area contributed by atoms with E-state index in [9.17, 15) is 4.79 Å². The Morgan fingerprint density at radius 2 is 0.862 bits per heavy atom. The maximum atomic E-state index is 12.0. The highest BCUT2D eigenvalue weighted by Gasteiger charge is 2.34. The van der Waals surface area contributed by atoms with E-state index in [4.69, 9.17) is 0 Å². The van der Waals surface area contributed by atoms with E-state index in [1.165, 1.54) is 122 Å². The van der Waals surface area contributed by atoms with Gasteiger partial charge >= 0.3 is 0 Å². The van der Waals surface area contributed by atoms with Crippen molar-refractivity contribution in [3.63, 3.8) is 0 Å². The van der Waals surface area contributed by atoms with Gasteiger partial charge < -0.3 is 0 Å². The molecule has 0 spiro atoms. The Morgan fingerprint density at radius 1 is 0.517 bits per heavy atom. The molecular weight excluding hydrogens is 352 g/mol. The Kier molecular flexibility index (Phi) is 18.1. The van der Waals surface area contributed by atoms with Crippen LogP contribution >= 0.6 is 0 Å². The number of rotatable bonds is 23. The van der Waals surface area contributed by atoms with Crippen LogP contribution in [0.3, 0.4) is 0 Å². The van der Waals surface area contributed by atoms with E-state index in [0.717, 1.165) is 37.5 Å². The van der Waals surface area contributed by atoms with Crippen molar-refractivity contribution in [3.05, 3.63) is 0 Å². The minimum atomic E-state index is 0.522. The second kappa shape index (κ2) is 19.6. The van der Waals surface area contributed by atoms with Gasteiger partial charge in [-0.05, 0) is 31.1 Å². The minimum Gasteiger partial charge on any atom is -0.300 e. The van der Waals surface area contributed by atoms with Crippen LogP contribution in [0.4, 0.5) is 0 Å². The second-order valence-electron chi connectivity index (χ2n) is 10.0. The molecular formula is C28H54O. The quantitative estimate of drug-likeness (QED) is 0.154. The Labute approximate surface area is 184 Å². The van der Waals surface area contributed by atoms with Crippen molar-refractivity contribution < 1.29 is 4.79 Å². The smallest absolute Gasteiger partial charge is 0.132 e. The normalized spacial score (nSPS) is 18.3. The fourth-order valence-corrected chi connectivity index (χ4v) is 4.87. The largest absolute Gasteiger partial charge is 0.300 e. The van der Waals surface area contributed by atoms with Crippen molar-refractivity contribution in [2.75, 3.05) is 0 Å². The van der Waals surface area contributed by atoms with Gasteiger partial charge in [0, 0.05) is 12.8 Å². The molecule has 0 saturated heterocycles. The third-order valence-electron chi connectivity index (χ3n) is 7.09. The average Bonchev–Trinajstić information content (AvgIpc) is 3.47. The SMILES string of the molecule is CCCCCCCCCC(=O)CCCCCCC[C@@H]1C[C@@H]1CCCCCCCC. The topological polar surface area (TPSA) is 17.1 Å². The molecule has 29 heavy (non-hydrogen) atoms. The van der Waals surface area contributed by atoms with E-state index in [0.29, 0.717) is 5.78 Å². The van der Waals surface area contributed by atoms with E-state index in [1.807, 2.05) is 0 Å². The summed E-state index contributed by atoms with van der Waals surface area (Å²) in [5.74, 6) is 2.69. The lowest BCUT2D eigenvalue weighted by molar-refractivity contribution is -0.119. The molecule has 0 aromatic rings. The van der Waals surface area contributed by atoms with Crippen molar-refractivity contribution in [3.8, 4) is 0 Å². The molecule has 172 valence electrons. The highest BCUT2D eigenvalue weighted by atomic mass is 16.1. The number of carbonyl (C=O) groups is 1. The standard InChI is InChI=1S/C28H54O/c1-3-5-7-9-11-15-19-23-28(29)24-20-16-12-14-18-22-27-25-26(27)21-17-13-10-8-6-4-2/h26-27H,3-25H2,1-2H3/t26-,27+/m0/s1. The Balaban J connectivity index is 1.75. The molecule has 0 heterocycles. The number of ketones is 1. The summed E-state index contributed by atoms with van der Waals surface area (Å²) in [5, 5.41) is 0. The first-order valence-corrected chi connectivity index (χ1v) is 13.8. The van der Waals surface area contributed by atoms with E-state index >= 15 is 0 Å². The molecule has 1 nitrogen and oxygen atoms in total. The summed E-state index contributed by atoms with van der Waals surface area (Å²) in [7, 11) is 0. The summed E-state index contributed by atoms with van der Waals surface area (Å²) in [5.41, 5.74) is 0. The first-order valence-electron chi connectivity index (χ1n) is 13.8. The van der Waals surface area contributed by atoms with Crippen molar-refractivity contribution in [2.45, 2.75) is 162 Å². The summed E-state index contributed by atoms with van der Waals surface area (Å²) in [6.45, 7) is 4.56. The third-order valence-corrected chi connectivity index (χ3v) is 7.09. The lowest BCUT2D eigenvalue weighted by Gasteiger charge is -2.04. The van der Waals surface area contributed by atoms with Crippen LogP contribution in [0.25, 0.3) is 0 Å². The molecule has 0 bridgehead atoms. The van der Waals surface area contributed by atoms with Gasteiger partial charge in [0.2, 0.25) is 0 Å². The number of hydrogen-bond acceptors (Lipinski definition) is 1. The maximum absolute atomic E-state index is 12.0. The molecule has 0 unspecified atom stereocenters. The molecule has 1 saturated carbocycles. The van der Waals surface area contributed by atoms with Crippen molar-refractivity contribution in [1.29, 1.82) is 0 Å². The van der Waals surface area contributed by atoms with Gasteiger partial charge in [0.25, 0.3) is 0 Å². The molecule has 2 atom stereocenters. The van der Waals surface area contributed by atoms with Crippen molar-refractivity contribution in [1.82, 2.24) is 0 Å². The van der Waals surface area contributed by atoms with Crippen LogP contribution in [-0.4, -0.2) is 5.78 Å². The van der Waals surface area contributed by atoms with E-state index in [-0.39, 0.29) is 0 Å². The van der Waals surface area contributed by atoms with Gasteiger partial charge in [0.15, 0.2) is 0 Å². The van der Waals surface area contributed by atoms with Crippen LogP contribution in [0.5, 0.6) is 0 Å². The lowest BCUT2D eigenvalue weighted by atomic mass is 10.0. The van der Waals surface area contributed by atoms with Gasteiger partial charge in [0.05, 0.1) is 0 Å². The lowest BCUT2D eigenvalue weighted by Crippen LogP contribution is -1.97. The Hall–Kier alpha value is -0.330. The second-order valence-corrected chi connectivity index (χ2v) is 10.0. The zero-order chi connectivity index (χ0) is 21.0. The zero-order valence-corrected chi connectivity index (χ0v) is 20.3. The molecule has 1 heteroatoms. The Morgan fingerprint density at radius 3 is 1.28 bits per heavy atom. The Bertz CT molecular complexity index is 361. The fourth-order valence-electron chi connectivity index (χ4n) is 4.87. The molecule has 0 amide bonds. The highest BCUT2D eigenvalue weighted by molar-refractivity contribution is 5.78. The molecule has 1 rings (SSSR count). The average molecular weight is 407 g/mol. The van der Waals surface area contributed by atoms with Gasteiger partial charge in [-0.2, -0.15) is 0 Å². The van der Waals surface area contributed by atoms with Gasteiger partial charge in [0.1, 0.15) is 5.78 Å². The predicted octanol–water partition coefficient (Wildman–Crippen LogP) is 9.81. The highest BCUT2D eigenvalue weighted by Crippen LogP contribution is 2.45. The third kappa shape index (κ3) is 17.1. The molecule has 0 aromatic carbocycles. The number of hydrogen-bond donors (Lipinski definition) is 0. The van der Waals surface area contributed by atoms with Crippen LogP contribution < -0.4 is 0 Å². The summed E-state index contributed by atoms with van der Waals surface area (Å²) >= 11 is 0. The zero-order valence-electron chi connectivity index (χ0n) is 20.3. The first-order chi connectivity index (χ1) is 14.3. The van der Waals surface area contributed by atoms with Crippen LogP contribution in [0.15, 0.2) is 0 Å². The summed E-state index contributed by atoms with van der Waals surface area (Å²) in [4.78, 5) is 12.0. The van der Waals surface area contributed by atoms with Gasteiger partial charge in [-0.3, -0.25) is 4.79 Å². The van der Waals surface area contributed by atoms with Crippen LogP contribution in [0.2, 0.25) is 0 Å². The maximum Gasteiger partial charge on any atom is 0.132 e. The molecule has 0 aromatic heterocycles. The number of Topliss-reactive ketones (excluding diaryl/α,β-unsaturated/α-hetero) is 1. The fraction of sp³-hybridized carbons (Fsp3) is 0.964. The van der Waals surface area contributed by atoms with Gasteiger partial charge in [-0.25, -0.2) is 0 Å². The summed E-state index contributed by atoms with van der Waals surface area (Å²) < 4.78 is 0. The monoisotopic (exact) mass is 406 g/mol. The van der Waals surface area contributed by atoms with Gasteiger partial charge in [-0.1, -0.05) is 129 Å². The molecule has 0 N–H and O–H groups in total. The van der Waals surface area contributed by atoms with E-state index in [2.05, 4.69) is 13.8 Å². The summed E-state index contributed by atoms with van der Waals surface area (Å²) in [6.07, 6.45) is 30.6. The molecule has 1 aliphatic rings. The minimum absolute atomic E-state index is 0.522. The van der Waals surface area contributed by atoms with Crippen LogP contribution in [0.1, 0.15) is 162 Å². The molecule has 0 radical (unpaired) electrons. The van der Waals surface area contributed by atoms with E-state index < -0.39 is 0 Å². The number of carbonyl (C=O) groups excluding carboxylic acids is 1. The van der Waals surface area contributed by atoms with Crippen molar-refractivity contribution >= 4 is 5.78 Å². The molecule has 0 aliphatic heterocycles. The molecule has 1 aliphatic carbocycles. The predicted molar refractivity (Wildman–Crippen MR) is 130 cm³/mol. The first kappa shape index (κ1) is 26.7. The molecule has 1 fully saturated rings. The van der Waals surface area contributed by atoms with Crippen LogP contribution in [-0.2, 0) is 4.79 Å². The summed E-state index contributed by atoms with van der Waals surface area (Å²) in [6, 6.07) is 0. The number of unbranched alkanes of at least 4 members (excludes halogenated alkanes) is 15. The van der Waals surface area contributed by atoms with Crippen LogP contribution in [0, 0.1) is 11.8 Å². The van der Waals surface area contributed by atoms with Gasteiger partial charge in [-0.15, -0.1) is 0 Å². The van der Waals surface area contributed by atoms with Crippen molar-refractivity contribution in [2.24, 2.45) is 11.8 Å². The van der Waals surface area contributed by atoms with E-state index in [1.54, 1.807) is 0 Å².